The molecule has 0 saturated carbocycles. The minimum Gasteiger partial charge on any atom is -0.508 e. The van der Waals surface area contributed by atoms with Gasteiger partial charge in [0.1, 0.15) is 23.9 Å². The van der Waals surface area contributed by atoms with Crippen molar-refractivity contribution in [3.8, 4) is 5.75 Å². The lowest BCUT2D eigenvalue weighted by Gasteiger charge is -2.29. The average Bonchev–Trinajstić information content (AvgIpc) is 3.22. The van der Waals surface area contributed by atoms with Crippen molar-refractivity contribution < 1.29 is 29.4 Å². The molecule has 1 aromatic rings. The molecule has 2 rings (SSSR count). The normalized spacial score (nSPS) is 18.7. The number of phenolic OH excluding ortho intramolecular Hbond substituents is 1. The van der Waals surface area contributed by atoms with Crippen LogP contribution in [-0.4, -0.2) is 75.3 Å². The number of likely N-dealkylation sites (tertiary alicyclic amines) is 1. The number of benzene rings is 1. The first-order valence-corrected chi connectivity index (χ1v) is 10.6. The monoisotopic (exact) mass is 452 g/mol. The lowest BCUT2D eigenvalue weighted by atomic mass is 10.0. The highest BCUT2D eigenvalue weighted by Crippen LogP contribution is 2.20. The molecule has 1 aromatic carbocycles. The van der Waals surface area contributed by atoms with Crippen molar-refractivity contribution in [1.29, 1.82) is 0 Å². The van der Waals surface area contributed by atoms with Crippen LogP contribution in [-0.2, 0) is 25.6 Å². The number of carbonyl (C=O) groups is 4. The summed E-state index contributed by atoms with van der Waals surface area (Å²) in [6.45, 7) is 1.80. The maximum Gasteiger partial charge on any atom is 0.326 e. The Hall–Kier alpha value is -2.79. The van der Waals surface area contributed by atoms with Crippen molar-refractivity contribution in [3.63, 3.8) is 0 Å². The summed E-state index contributed by atoms with van der Waals surface area (Å²) in [5, 5.41) is 23.9. The lowest BCUT2D eigenvalue weighted by molar-refractivity contribution is -0.144. The van der Waals surface area contributed by atoms with Gasteiger partial charge in [-0.2, -0.15) is 12.6 Å². The van der Waals surface area contributed by atoms with Crippen LogP contribution in [0.5, 0.6) is 5.75 Å². The van der Waals surface area contributed by atoms with Crippen molar-refractivity contribution >= 4 is 36.3 Å². The summed E-state index contributed by atoms with van der Waals surface area (Å²) in [5.41, 5.74) is 6.15. The number of phenols is 1. The minimum absolute atomic E-state index is 0.0196. The van der Waals surface area contributed by atoms with Crippen LogP contribution in [0.25, 0.3) is 0 Å². The van der Waals surface area contributed by atoms with E-state index in [0.29, 0.717) is 24.9 Å². The molecule has 0 spiro atoms. The summed E-state index contributed by atoms with van der Waals surface area (Å²) in [6, 6.07) is 2.22. The number of nitrogens with zero attached hydrogens (tertiary/aromatic N) is 1. The molecule has 10 nitrogen and oxygen atoms in total. The molecule has 0 aliphatic carbocycles. The van der Waals surface area contributed by atoms with E-state index >= 15 is 0 Å². The first-order chi connectivity index (χ1) is 14.6. The molecule has 6 N–H and O–H groups in total. The van der Waals surface area contributed by atoms with Gasteiger partial charge in [-0.15, -0.1) is 0 Å². The number of aliphatic carboxylic acids is 1. The third-order valence-corrected chi connectivity index (χ3v) is 5.41. The van der Waals surface area contributed by atoms with Gasteiger partial charge in [-0.1, -0.05) is 12.1 Å². The highest BCUT2D eigenvalue weighted by Gasteiger charge is 2.38. The molecule has 31 heavy (non-hydrogen) atoms. The highest BCUT2D eigenvalue weighted by molar-refractivity contribution is 7.80. The number of carbonyl (C=O) groups excluding carboxylic acids is 3. The number of rotatable bonds is 9. The number of nitrogens with one attached hydrogen (secondary N) is 2. The molecule has 1 aliphatic heterocycles. The Kier molecular flexibility index (Phi) is 8.69. The quantitative estimate of drug-likeness (QED) is 0.269. The van der Waals surface area contributed by atoms with Gasteiger partial charge in [0.15, 0.2) is 0 Å². The first kappa shape index (κ1) is 24.5. The highest BCUT2D eigenvalue weighted by atomic mass is 32.1. The molecule has 170 valence electrons. The zero-order valence-corrected chi connectivity index (χ0v) is 18.0. The first-order valence-electron chi connectivity index (χ1n) is 9.92. The molecule has 4 atom stereocenters. The van der Waals surface area contributed by atoms with Crippen molar-refractivity contribution in [2.75, 3.05) is 12.3 Å². The van der Waals surface area contributed by atoms with Crippen molar-refractivity contribution in [2.24, 2.45) is 5.73 Å². The Labute approximate surface area is 185 Å². The van der Waals surface area contributed by atoms with Gasteiger partial charge in [0, 0.05) is 18.7 Å². The van der Waals surface area contributed by atoms with Crippen molar-refractivity contribution in [3.05, 3.63) is 29.8 Å². The number of carboxylic acids is 1. The van der Waals surface area contributed by atoms with Crippen molar-refractivity contribution in [2.45, 2.75) is 50.4 Å². The van der Waals surface area contributed by atoms with Crippen LogP contribution in [0.4, 0.5) is 0 Å². The number of nitrogens with two attached hydrogens (primary N) is 1. The number of thiol groups is 1. The van der Waals surface area contributed by atoms with E-state index in [2.05, 4.69) is 23.3 Å². The summed E-state index contributed by atoms with van der Waals surface area (Å²) in [4.78, 5) is 50.6. The van der Waals surface area contributed by atoms with Crippen LogP contribution in [0.2, 0.25) is 0 Å². The van der Waals surface area contributed by atoms with Crippen LogP contribution >= 0.6 is 12.6 Å². The average molecular weight is 453 g/mol. The fourth-order valence-electron chi connectivity index (χ4n) is 3.33. The van der Waals surface area contributed by atoms with E-state index in [4.69, 9.17) is 5.73 Å². The zero-order chi connectivity index (χ0) is 23.1. The zero-order valence-electron chi connectivity index (χ0n) is 17.2. The van der Waals surface area contributed by atoms with E-state index in [-0.39, 0.29) is 17.9 Å². The van der Waals surface area contributed by atoms with Crippen LogP contribution in [0.15, 0.2) is 24.3 Å². The number of aromatic hydroxyl groups is 1. The fraction of sp³-hybridized carbons (Fsp3) is 0.500. The molecular weight excluding hydrogens is 424 g/mol. The number of amides is 3. The molecule has 0 aromatic heterocycles. The Morgan fingerprint density at radius 1 is 1.19 bits per heavy atom. The molecule has 3 amide bonds. The molecule has 1 saturated heterocycles. The lowest BCUT2D eigenvalue weighted by Crippen LogP contribution is -2.57. The van der Waals surface area contributed by atoms with Gasteiger partial charge in [0.05, 0.1) is 6.04 Å². The summed E-state index contributed by atoms with van der Waals surface area (Å²) >= 11 is 4.12. The van der Waals surface area contributed by atoms with Gasteiger partial charge in [0.25, 0.3) is 0 Å². The molecular formula is C20H28N4O6S. The Morgan fingerprint density at radius 2 is 1.84 bits per heavy atom. The molecule has 11 heteroatoms. The standard InChI is InChI=1S/C20H28N4O6S/c1-11(21)17(26)23-15(10-31)19(28)24-8-2-3-16(24)18(27)22-14(20(29)30)9-12-4-6-13(25)7-5-12/h4-7,11,14-16,25,31H,2-3,8-10,21H2,1H3,(H,22,27)(H,23,26)(H,29,30). The van der Waals surface area contributed by atoms with Crippen LogP contribution < -0.4 is 16.4 Å². The number of hydrogen-bond acceptors (Lipinski definition) is 7. The van der Waals surface area contributed by atoms with Crippen LogP contribution in [0, 0.1) is 0 Å². The Bertz CT molecular complexity index is 816. The topological polar surface area (TPSA) is 162 Å². The second-order valence-electron chi connectivity index (χ2n) is 7.49. The van der Waals surface area contributed by atoms with E-state index in [1.54, 1.807) is 12.1 Å². The van der Waals surface area contributed by atoms with E-state index in [1.807, 2.05) is 0 Å². The van der Waals surface area contributed by atoms with E-state index in [9.17, 15) is 29.4 Å². The maximum absolute atomic E-state index is 12.9. The van der Waals surface area contributed by atoms with Crippen molar-refractivity contribution in [1.82, 2.24) is 15.5 Å². The number of carboxylic acid groups (broad SMARTS) is 1. The molecule has 1 fully saturated rings. The predicted molar refractivity (Wildman–Crippen MR) is 116 cm³/mol. The number of hydrogen-bond donors (Lipinski definition) is 6. The predicted octanol–water partition coefficient (Wildman–Crippen LogP) is -0.743. The Balaban J connectivity index is 2.07. The third-order valence-electron chi connectivity index (χ3n) is 5.04. The summed E-state index contributed by atoms with van der Waals surface area (Å²) in [5.74, 6) is -2.68. The van der Waals surface area contributed by atoms with Gasteiger partial charge in [-0.25, -0.2) is 4.79 Å². The van der Waals surface area contributed by atoms with Gasteiger partial charge in [-0.05, 0) is 37.5 Å². The molecule has 0 radical (unpaired) electrons. The fourth-order valence-corrected chi connectivity index (χ4v) is 3.58. The molecule has 0 bridgehead atoms. The van der Waals surface area contributed by atoms with Crippen LogP contribution in [0.1, 0.15) is 25.3 Å². The van der Waals surface area contributed by atoms with Gasteiger partial charge >= 0.3 is 5.97 Å². The summed E-state index contributed by atoms with van der Waals surface area (Å²) in [6.07, 6.45) is 0.968. The molecule has 1 heterocycles. The molecule has 1 aliphatic rings. The smallest absolute Gasteiger partial charge is 0.326 e. The second kappa shape index (κ2) is 11.0. The summed E-state index contributed by atoms with van der Waals surface area (Å²) < 4.78 is 0. The van der Waals surface area contributed by atoms with Gasteiger partial charge < -0.3 is 31.5 Å². The van der Waals surface area contributed by atoms with Gasteiger partial charge in [0.2, 0.25) is 17.7 Å². The van der Waals surface area contributed by atoms with Gasteiger partial charge in [-0.3, -0.25) is 14.4 Å². The maximum atomic E-state index is 12.9. The third kappa shape index (κ3) is 6.59. The molecule has 4 unspecified atom stereocenters. The Morgan fingerprint density at radius 3 is 2.39 bits per heavy atom. The van der Waals surface area contributed by atoms with E-state index in [1.165, 1.54) is 24.0 Å². The van der Waals surface area contributed by atoms with E-state index < -0.39 is 47.9 Å². The van der Waals surface area contributed by atoms with E-state index in [0.717, 1.165) is 0 Å². The summed E-state index contributed by atoms with van der Waals surface area (Å²) in [7, 11) is 0. The van der Waals surface area contributed by atoms with Crippen LogP contribution in [0.3, 0.4) is 0 Å². The minimum atomic E-state index is -1.21. The second-order valence-corrected chi connectivity index (χ2v) is 7.86. The largest absolute Gasteiger partial charge is 0.508 e. The SMILES string of the molecule is CC(N)C(=O)NC(CS)C(=O)N1CCCC1C(=O)NC(Cc1ccc(O)cc1)C(=O)O.